The Morgan fingerprint density at radius 3 is 2.76 bits per heavy atom. The Morgan fingerprint density at radius 2 is 2.05 bits per heavy atom. The summed E-state index contributed by atoms with van der Waals surface area (Å²) in [5, 5.41) is 6.05. The van der Waals surface area contributed by atoms with Gasteiger partial charge < -0.3 is 10.6 Å². The predicted octanol–water partition coefficient (Wildman–Crippen LogP) is 3.17. The lowest BCUT2D eigenvalue weighted by molar-refractivity contribution is 0.102. The Kier molecular flexibility index (Phi) is 4.87. The van der Waals surface area contributed by atoms with E-state index in [1.807, 2.05) is 26.0 Å². The summed E-state index contributed by atoms with van der Waals surface area (Å²) in [6.07, 6.45) is 2.64. The van der Waals surface area contributed by atoms with Gasteiger partial charge in [0.05, 0.1) is 16.9 Å². The van der Waals surface area contributed by atoms with Crippen molar-refractivity contribution in [3.63, 3.8) is 0 Å². The Balaban J connectivity index is 2.20. The molecule has 5 heteroatoms. The topological polar surface area (TPSA) is 66.9 Å². The normalized spacial score (nSPS) is 10.2. The third kappa shape index (κ3) is 3.78. The van der Waals surface area contributed by atoms with Gasteiger partial charge in [-0.25, -0.2) is 4.98 Å². The minimum Gasteiger partial charge on any atom is -0.369 e. The fraction of sp³-hybridized carbons (Fsp3) is 0.312. The quantitative estimate of drug-likeness (QED) is 0.885. The Morgan fingerprint density at radius 1 is 1.24 bits per heavy atom. The van der Waals surface area contributed by atoms with Crippen LogP contribution in [-0.2, 0) is 0 Å². The molecule has 1 amide bonds. The van der Waals surface area contributed by atoms with Gasteiger partial charge in [-0.15, -0.1) is 0 Å². The maximum absolute atomic E-state index is 12.4. The summed E-state index contributed by atoms with van der Waals surface area (Å²) in [6, 6.07) is 7.26. The van der Waals surface area contributed by atoms with E-state index in [1.165, 1.54) is 0 Å². The minimum atomic E-state index is -0.185. The molecule has 0 aliphatic rings. The molecule has 0 atom stereocenters. The van der Waals surface area contributed by atoms with Gasteiger partial charge in [0.25, 0.3) is 5.91 Å². The van der Waals surface area contributed by atoms with Crippen molar-refractivity contribution in [2.75, 3.05) is 17.2 Å². The predicted molar refractivity (Wildman–Crippen MR) is 84.7 cm³/mol. The lowest BCUT2D eigenvalue weighted by Gasteiger charge is -2.12. The molecule has 2 rings (SSSR count). The maximum Gasteiger partial charge on any atom is 0.259 e. The summed E-state index contributed by atoms with van der Waals surface area (Å²) >= 11 is 0. The lowest BCUT2D eigenvalue weighted by atomic mass is 10.2. The van der Waals surface area contributed by atoms with E-state index in [0.29, 0.717) is 11.4 Å². The summed E-state index contributed by atoms with van der Waals surface area (Å²) < 4.78 is 0. The number of carbonyl (C=O) groups excluding carboxylic acids is 1. The van der Waals surface area contributed by atoms with E-state index in [9.17, 15) is 4.79 Å². The molecular formula is C16H20N4O. The van der Waals surface area contributed by atoms with Crippen LogP contribution in [0.15, 0.2) is 30.5 Å². The number of hydrogen-bond donors (Lipinski definition) is 2. The molecule has 21 heavy (non-hydrogen) atoms. The highest BCUT2D eigenvalue weighted by Gasteiger charge is 2.13. The van der Waals surface area contributed by atoms with Crippen LogP contribution in [0.2, 0.25) is 0 Å². The number of rotatable bonds is 5. The molecule has 110 valence electrons. The molecule has 2 aromatic rings. The van der Waals surface area contributed by atoms with Gasteiger partial charge in [-0.3, -0.25) is 9.78 Å². The zero-order valence-electron chi connectivity index (χ0n) is 12.6. The molecule has 0 bridgehead atoms. The monoisotopic (exact) mass is 284 g/mol. The fourth-order valence-corrected chi connectivity index (χ4v) is 1.98. The summed E-state index contributed by atoms with van der Waals surface area (Å²) in [7, 11) is 0. The van der Waals surface area contributed by atoms with Gasteiger partial charge in [-0.05, 0) is 44.5 Å². The summed E-state index contributed by atoms with van der Waals surface area (Å²) in [4.78, 5) is 21.0. The van der Waals surface area contributed by atoms with Crippen LogP contribution in [0.4, 0.5) is 11.5 Å². The molecule has 0 unspecified atom stereocenters. The minimum absolute atomic E-state index is 0.185. The molecule has 0 fully saturated rings. The number of aryl methyl sites for hydroxylation is 2. The van der Waals surface area contributed by atoms with Crippen LogP contribution < -0.4 is 10.6 Å². The van der Waals surface area contributed by atoms with Crippen LogP contribution in [0, 0.1) is 13.8 Å². The van der Waals surface area contributed by atoms with Crippen molar-refractivity contribution in [2.45, 2.75) is 27.2 Å². The molecule has 2 aromatic heterocycles. The SMILES string of the molecule is CCCNc1ncccc1C(=O)Nc1ccc(C)nc1C. The van der Waals surface area contributed by atoms with Gasteiger partial charge in [0.1, 0.15) is 5.82 Å². The highest BCUT2D eigenvalue weighted by molar-refractivity contribution is 6.07. The average molecular weight is 284 g/mol. The summed E-state index contributed by atoms with van der Waals surface area (Å²) in [6.45, 7) is 6.65. The number of hydrogen-bond acceptors (Lipinski definition) is 4. The maximum atomic E-state index is 12.4. The lowest BCUT2D eigenvalue weighted by Crippen LogP contribution is -2.17. The van der Waals surface area contributed by atoms with Gasteiger partial charge in [-0.1, -0.05) is 6.92 Å². The van der Waals surface area contributed by atoms with Crippen molar-refractivity contribution in [1.29, 1.82) is 0 Å². The highest BCUT2D eigenvalue weighted by atomic mass is 16.1. The van der Waals surface area contributed by atoms with Crippen LogP contribution in [0.5, 0.6) is 0 Å². The second-order valence-corrected chi connectivity index (χ2v) is 4.87. The van der Waals surface area contributed by atoms with Crippen molar-refractivity contribution >= 4 is 17.4 Å². The van der Waals surface area contributed by atoms with Crippen molar-refractivity contribution in [2.24, 2.45) is 0 Å². The molecule has 0 aromatic carbocycles. The first-order valence-corrected chi connectivity index (χ1v) is 7.06. The van der Waals surface area contributed by atoms with Gasteiger partial charge in [0.2, 0.25) is 0 Å². The fourth-order valence-electron chi connectivity index (χ4n) is 1.98. The first-order chi connectivity index (χ1) is 10.1. The molecule has 5 nitrogen and oxygen atoms in total. The molecular weight excluding hydrogens is 264 g/mol. The smallest absolute Gasteiger partial charge is 0.259 e. The van der Waals surface area contributed by atoms with Gasteiger partial charge in [0, 0.05) is 18.4 Å². The number of aromatic nitrogens is 2. The number of pyridine rings is 2. The van der Waals surface area contributed by atoms with Crippen molar-refractivity contribution < 1.29 is 4.79 Å². The number of anilines is 2. The zero-order valence-corrected chi connectivity index (χ0v) is 12.6. The van der Waals surface area contributed by atoms with E-state index in [0.717, 1.165) is 30.0 Å². The molecule has 0 aliphatic carbocycles. The van der Waals surface area contributed by atoms with E-state index in [2.05, 4.69) is 27.5 Å². The largest absolute Gasteiger partial charge is 0.369 e. The number of nitrogens with one attached hydrogen (secondary N) is 2. The van der Waals surface area contributed by atoms with Crippen molar-refractivity contribution in [3.05, 3.63) is 47.4 Å². The number of carbonyl (C=O) groups is 1. The van der Waals surface area contributed by atoms with E-state index < -0.39 is 0 Å². The van der Waals surface area contributed by atoms with Crippen LogP contribution in [0.1, 0.15) is 35.1 Å². The highest BCUT2D eigenvalue weighted by Crippen LogP contribution is 2.17. The number of nitrogens with zero attached hydrogens (tertiary/aromatic N) is 2. The van der Waals surface area contributed by atoms with Gasteiger partial charge in [0.15, 0.2) is 0 Å². The average Bonchev–Trinajstić information content (AvgIpc) is 2.48. The van der Waals surface area contributed by atoms with E-state index in [4.69, 9.17) is 0 Å². The van der Waals surface area contributed by atoms with Crippen molar-refractivity contribution in [3.8, 4) is 0 Å². The molecule has 2 heterocycles. The Bertz CT molecular complexity index is 640. The second kappa shape index (κ2) is 6.83. The molecule has 0 aliphatic heterocycles. The van der Waals surface area contributed by atoms with Crippen LogP contribution in [0.25, 0.3) is 0 Å². The second-order valence-electron chi connectivity index (χ2n) is 4.87. The van der Waals surface area contributed by atoms with Crippen LogP contribution in [0.3, 0.4) is 0 Å². The standard InChI is InChI=1S/C16H20N4O/c1-4-9-17-15-13(6-5-10-18-15)16(21)20-14-8-7-11(2)19-12(14)3/h5-8,10H,4,9H2,1-3H3,(H,17,18)(H,20,21). The summed E-state index contributed by atoms with van der Waals surface area (Å²) in [5.74, 6) is 0.421. The van der Waals surface area contributed by atoms with E-state index >= 15 is 0 Å². The number of amides is 1. The molecule has 0 saturated carbocycles. The van der Waals surface area contributed by atoms with Crippen molar-refractivity contribution in [1.82, 2.24) is 9.97 Å². The third-order valence-corrected chi connectivity index (χ3v) is 3.07. The van der Waals surface area contributed by atoms with Crippen LogP contribution in [-0.4, -0.2) is 22.4 Å². The van der Waals surface area contributed by atoms with Gasteiger partial charge in [-0.2, -0.15) is 0 Å². The first-order valence-electron chi connectivity index (χ1n) is 7.06. The Hall–Kier alpha value is -2.43. The molecule has 0 spiro atoms. The Labute approximate surface area is 124 Å². The van der Waals surface area contributed by atoms with Crippen LogP contribution >= 0.6 is 0 Å². The van der Waals surface area contributed by atoms with Gasteiger partial charge >= 0.3 is 0 Å². The third-order valence-electron chi connectivity index (χ3n) is 3.07. The molecule has 2 N–H and O–H groups in total. The molecule has 0 saturated heterocycles. The zero-order chi connectivity index (χ0) is 15.2. The first kappa shape index (κ1) is 15.0. The summed E-state index contributed by atoms with van der Waals surface area (Å²) in [5.41, 5.74) is 2.98. The van der Waals surface area contributed by atoms with E-state index in [-0.39, 0.29) is 5.91 Å². The van der Waals surface area contributed by atoms with E-state index in [1.54, 1.807) is 18.3 Å². The molecule has 0 radical (unpaired) electrons.